The van der Waals surface area contributed by atoms with Crippen molar-refractivity contribution >= 4 is 22.5 Å². The maximum absolute atomic E-state index is 13.1. The molecule has 2 aliphatic heterocycles. The van der Waals surface area contributed by atoms with Crippen LogP contribution in [0.25, 0.3) is 0 Å². The van der Waals surface area contributed by atoms with Crippen molar-refractivity contribution in [3.8, 4) is 6.07 Å². The molecule has 2 bridgehead atoms. The highest BCUT2D eigenvalue weighted by Gasteiger charge is 2.41. The van der Waals surface area contributed by atoms with E-state index in [4.69, 9.17) is 5.26 Å². The van der Waals surface area contributed by atoms with Crippen LogP contribution < -0.4 is 4.90 Å². The molecule has 6 nitrogen and oxygen atoms in total. The van der Waals surface area contributed by atoms with Crippen LogP contribution in [0.4, 0.5) is 10.2 Å². The number of amides is 1. The van der Waals surface area contributed by atoms with Gasteiger partial charge in [0.25, 0.3) is 0 Å². The van der Waals surface area contributed by atoms with Gasteiger partial charge in [0, 0.05) is 54.3 Å². The van der Waals surface area contributed by atoms with Gasteiger partial charge in [-0.15, -0.1) is 0 Å². The van der Waals surface area contributed by atoms with Gasteiger partial charge in [-0.05, 0) is 49.6 Å². The summed E-state index contributed by atoms with van der Waals surface area (Å²) in [5.41, 5.74) is 1.35. The van der Waals surface area contributed by atoms with E-state index in [2.05, 4.69) is 16.0 Å². The number of anilines is 1. The zero-order valence-electron chi connectivity index (χ0n) is 17.4. The average molecular weight is 441 g/mol. The van der Waals surface area contributed by atoms with E-state index in [9.17, 15) is 13.4 Å². The maximum atomic E-state index is 13.1. The molecule has 4 atom stereocenters. The second kappa shape index (κ2) is 9.15. The molecule has 4 unspecified atom stereocenters. The summed E-state index contributed by atoms with van der Waals surface area (Å²) in [5, 5.41) is 8.72. The number of pyridine rings is 1. The lowest BCUT2D eigenvalue weighted by molar-refractivity contribution is -0.131. The van der Waals surface area contributed by atoms with Crippen LogP contribution in [0, 0.1) is 17.1 Å². The third-order valence-corrected chi connectivity index (χ3v) is 7.89. The van der Waals surface area contributed by atoms with Gasteiger partial charge in [-0.25, -0.2) is 9.37 Å². The lowest BCUT2D eigenvalue weighted by atomic mass is 10.1. The highest BCUT2D eigenvalue weighted by Crippen LogP contribution is 2.34. The molecule has 2 aromatic rings. The summed E-state index contributed by atoms with van der Waals surface area (Å²) < 4.78 is 25.8. The first kappa shape index (κ1) is 21.4. The molecule has 3 heterocycles. The Bertz CT molecular complexity index is 992. The summed E-state index contributed by atoms with van der Waals surface area (Å²) in [7, 11) is -1.21. The summed E-state index contributed by atoms with van der Waals surface area (Å²) in [6, 6.07) is 12.2. The maximum Gasteiger partial charge on any atom is 0.223 e. The van der Waals surface area contributed by atoms with E-state index >= 15 is 0 Å². The predicted molar refractivity (Wildman–Crippen MR) is 117 cm³/mol. The number of halogens is 1. The van der Waals surface area contributed by atoms with Crippen LogP contribution in [0.5, 0.6) is 0 Å². The van der Waals surface area contributed by atoms with E-state index in [-0.39, 0.29) is 35.5 Å². The summed E-state index contributed by atoms with van der Waals surface area (Å²) >= 11 is 0. The summed E-state index contributed by atoms with van der Waals surface area (Å²) in [5.74, 6) is 0.864. The predicted octanol–water partition coefficient (Wildman–Crippen LogP) is 3.17. The smallest absolute Gasteiger partial charge is 0.223 e. The highest BCUT2D eigenvalue weighted by atomic mass is 32.2. The standard InChI is InChI=1S/C23H25FN4O2S/c1-16(18-3-5-19(24)6-4-18)31(30)11-10-23(29)27-14-20-7-8-21(15-27)28(20)22-9-2-17(12-25)13-26-22/h2-6,9,13,16,20-21H,7-8,10-11,14-15H2,1H3. The number of carbonyl (C=O) groups excluding carboxylic acids is 1. The molecule has 2 saturated heterocycles. The van der Waals surface area contributed by atoms with Crippen molar-refractivity contribution in [2.45, 2.75) is 43.5 Å². The Morgan fingerprint density at radius 2 is 1.90 bits per heavy atom. The molecule has 1 aromatic heterocycles. The quantitative estimate of drug-likeness (QED) is 0.690. The number of fused-ring (bicyclic) bond motifs is 2. The second-order valence-corrected chi connectivity index (χ2v) is 10.0. The molecular formula is C23H25FN4O2S. The fourth-order valence-corrected chi connectivity index (χ4v) is 5.68. The summed E-state index contributed by atoms with van der Waals surface area (Å²) in [6.45, 7) is 3.12. The monoisotopic (exact) mass is 440 g/mol. The van der Waals surface area contributed by atoms with Crippen molar-refractivity contribution in [1.29, 1.82) is 5.26 Å². The number of hydrogen-bond donors (Lipinski definition) is 0. The van der Waals surface area contributed by atoms with Gasteiger partial charge in [0.15, 0.2) is 0 Å². The number of hydrogen-bond acceptors (Lipinski definition) is 5. The molecule has 1 amide bonds. The Labute approximate surface area is 184 Å². The number of aromatic nitrogens is 1. The molecule has 8 heteroatoms. The summed E-state index contributed by atoms with van der Waals surface area (Å²) in [4.78, 5) is 21.4. The highest BCUT2D eigenvalue weighted by molar-refractivity contribution is 7.85. The van der Waals surface area contributed by atoms with Gasteiger partial charge in [-0.1, -0.05) is 12.1 Å². The minimum atomic E-state index is -1.21. The van der Waals surface area contributed by atoms with Crippen LogP contribution in [0.3, 0.4) is 0 Å². The van der Waals surface area contributed by atoms with Gasteiger partial charge < -0.3 is 9.80 Å². The fraction of sp³-hybridized carbons (Fsp3) is 0.435. The van der Waals surface area contributed by atoms with Crippen molar-refractivity contribution in [3.63, 3.8) is 0 Å². The Balaban J connectivity index is 1.33. The zero-order chi connectivity index (χ0) is 22.0. The molecule has 4 rings (SSSR count). The normalized spacial score (nSPS) is 22.1. The Morgan fingerprint density at radius 3 is 2.48 bits per heavy atom. The SMILES string of the molecule is CC(c1ccc(F)cc1)S(=O)CCC(=O)N1CC2CCC(C1)N2c1ccc(C#N)cn1. The van der Waals surface area contributed by atoms with Crippen LogP contribution in [0.15, 0.2) is 42.6 Å². The molecule has 0 saturated carbocycles. The molecule has 0 radical (unpaired) electrons. The van der Waals surface area contributed by atoms with E-state index < -0.39 is 10.8 Å². The lowest BCUT2D eigenvalue weighted by Crippen LogP contribution is -2.55. The first-order chi connectivity index (χ1) is 15.0. The first-order valence-corrected chi connectivity index (χ1v) is 11.9. The fourth-order valence-electron chi connectivity index (χ4n) is 4.49. The summed E-state index contributed by atoms with van der Waals surface area (Å²) in [6.07, 6.45) is 3.84. The number of benzene rings is 1. The molecule has 0 aliphatic carbocycles. The topological polar surface area (TPSA) is 77.3 Å². The minimum absolute atomic E-state index is 0.0315. The van der Waals surface area contributed by atoms with E-state index in [1.165, 1.54) is 12.1 Å². The van der Waals surface area contributed by atoms with Gasteiger partial charge in [-0.2, -0.15) is 5.26 Å². The van der Waals surface area contributed by atoms with Gasteiger partial charge in [0.05, 0.1) is 10.8 Å². The number of piperazine rings is 1. The number of nitrogens with zero attached hydrogens (tertiary/aromatic N) is 4. The zero-order valence-corrected chi connectivity index (χ0v) is 18.2. The van der Waals surface area contributed by atoms with Crippen molar-refractivity contribution < 1.29 is 13.4 Å². The Morgan fingerprint density at radius 1 is 1.23 bits per heavy atom. The molecule has 162 valence electrons. The molecule has 2 fully saturated rings. The molecule has 0 N–H and O–H groups in total. The van der Waals surface area contributed by atoms with E-state index in [0.717, 1.165) is 24.2 Å². The largest absolute Gasteiger partial charge is 0.347 e. The number of carbonyl (C=O) groups is 1. The molecule has 1 aromatic carbocycles. The van der Waals surface area contributed by atoms with Crippen molar-refractivity contribution in [2.75, 3.05) is 23.7 Å². The lowest BCUT2D eigenvalue weighted by Gasteiger charge is -2.41. The number of likely N-dealkylation sites (tertiary alicyclic amines) is 1. The van der Waals surface area contributed by atoms with Gasteiger partial charge in [0.2, 0.25) is 5.91 Å². The second-order valence-electron chi connectivity index (χ2n) is 8.14. The van der Waals surface area contributed by atoms with E-state index in [1.54, 1.807) is 24.4 Å². The van der Waals surface area contributed by atoms with Crippen molar-refractivity contribution in [2.24, 2.45) is 0 Å². The van der Waals surface area contributed by atoms with Crippen LogP contribution in [-0.4, -0.2) is 50.9 Å². The van der Waals surface area contributed by atoms with Crippen molar-refractivity contribution in [1.82, 2.24) is 9.88 Å². The number of nitriles is 1. The van der Waals surface area contributed by atoms with Crippen LogP contribution in [-0.2, 0) is 15.6 Å². The van der Waals surface area contributed by atoms with Crippen LogP contribution in [0.1, 0.15) is 42.6 Å². The molecule has 0 spiro atoms. The van der Waals surface area contributed by atoms with Gasteiger partial charge in [-0.3, -0.25) is 9.00 Å². The van der Waals surface area contributed by atoms with Crippen LogP contribution >= 0.6 is 0 Å². The molecule has 2 aliphatic rings. The first-order valence-electron chi connectivity index (χ1n) is 10.5. The van der Waals surface area contributed by atoms with Crippen molar-refractivity contribution in [3.05, 3.63) is 59.5 Å². The van der Waals surface area contributed by atoms with Gasteiger partial charge in [0.1, 0.15) is 17.7 Å². The van der Waals surface area contributed by atoms with E-state index in [1.807, 2.05) is 17.9 Å². The average Bonchev–Trinajstić information content (AvgIpc) is 3.06. The molecule has 31 heavy (non-hydrogen) atoms. The Hall–Kier alpha value is -2.79. The third kappa shape index (κ3) is 4.62. The third-order valence-electron chi connectivity index (χ3n) is 6.23. The van der Waals surface area contributed by atoms with Gasteiger partial charge >= 0.3 is 0 Å². The minimum Gasteiger partial charge on any atom is -0.347 e. The van der Waals surface area contributed by atoms with E-state index in [0.29, 0.717) is 24.4 Å². The van der Waals surface area contributed by atoms with Crippen LogP contribution in [0.2, 0.25) is 0 Å². The molecular weight excluding hydrogens is 415 g/mol. The number of rotatable bonds is 6. The Kier molecular flexibility index (Phi) is 6.33.